The monoisotopic (exact) mass is 342 g/mol. The summed E-state index contributed by atoms with van der Waals surface area (Å²) in [6.07, 6.45) is 1.78. The molecule has 3 aromatic rings. The van der Waals surface area contributed by atoms with Gasteiger partial charge in [0.15, 0.2) is 11.3 Å². The number of furan rings is 2. The third-order valence-electron chi connectivity index (χ3n) is 3.82. The number of hydrogen-bond acceptors (Lipinski definition) is 4. The number of nitrogens with zero attached hydrogens (tertiary/aromatic N) is 2. The fourth-order valence-corrected chi connectivity index (χ4v) is 2.80. The zero-order valence-corrected chi connectivity index (χ0v) is 13.8. The zero-order chi connectivity index (χ0) is 17.1. The standard InChI is InChI=1S/C18H15ClN2O3/c1-12-14-6-2-7-15(19)17(14)24-16(12)18(22)21(9-4-8-20)11-13-5-3-10-23-13/h2-3,5-7,10H,4,9,11H2,1H3. The number of benzene rings is 1. The normalized spacial score (nSPS) is 10.7. The first-order valence-electron chi connectivity index (χ1n) is 7.48. The largest absolute Gasteiger partial charge is 0.467 e. The summed E-state index contributed by atoms with van der Waals surface area (Å²) in [5.41, 5.74) is 1.23. The summed E-state index contributed by atoms with van der Waals surface area (Å²) in [5.74, 6) is 0.599. The number of rotatable bonds is 5. The van der Waals surface area contributed by atoms with E-state index in [0.717, 1.165) is 10.9 Å². The molecular formula is C18H15ClN2O3. The third kappa shape index (κ3) is 3.01. The summed E-state index contributed by atoms with van der Waals surface area (Å²) in [5, 5.41) is 10.1. The second kappa shape index (κ2) is 6.81. The van der Waals surface area contributed by atoms with E-state index >= 15 is 0 Å². The molecule has 0 N–H and O–H groups in total. The quantitative estimate of drug-likeness (QED) is 0.682. The van der Waals surface area contributed by atoms with Gasteiger partial charge in [-0.3, -0.25) is 4.79 Å². The average molecular weight is 343 g/mol. The van der Waals surface area contributed by atoms with E-state index < -0.39 is 0 Å². The van der Waals surface area contributed by atoms with Crippen LogP contribution in [0.1, 0.15) is 28.3 Å². The molecule has 6 heteroatoms. The molecule has 0 fully saturated rings. The molecule has 3 rings (SSSR count). The molecule has 24 heavy (non-hydrogen) atoms. The zero-order valence-electron chi connectivity index (χ0n) is 13.1. The van der Waals surface area contributed by atoms with Crippen molar-refractivity contribution in [1.82, 2.24) is 4.90 Å². The SMILES string of the molecule is Cc1c(C(=O)N(CCC#N)Cc2ccco2)oc2c(Cl)cccc12. The second-order valence-electron chi connectivity index (χ2n) is 5.39. The molecule has 0 aliphatic carbocycles. The minimum absolute atomic E-state index is 0.229. The Balaban J connectivity index is 1.96. The van der Waals surface area contributed by atoms with E-state index in [9.17, 15) is 4.79 Å². The van der Waals surface area contributed by atoms with Crippen molar-refractivity contribution in [1.29, 1.82) is 5.26 Å². The van der Waals surface area contributed by atoms with Gasteiger partial charge in [-0.2, -0.15) is 5.26 Å². The summed E-state index contributed by atoms with van der Waals surface area (Å²) < 4.78 is 11.0. The Hall–Kier alpha value is -2.71. The summed E-state index contributed by atoms with van der Waals surface area (Å²) >= 11 is 6.15. The molecular weight excluding hydrogens is 328 g/mol. The van der Waals surface area contributed by atoms with Crippen LogP contribution in [0.15, 0.2) is 45.4 Å². The number of para-hydroxylation sites is 1. The first-order valence-corrected chi connectivity index (χ1v) is 7.86. The van der Waals surface area contributed by atoms with Gasteiger partial charge < -0.3 is 13.7 Å². The van der Waals surface area contributed by atoms with E-state index in [0.29, 0.717) is 22.9 Å². The Morgan fingerprint density at radius 3 is 2.83 bits per heavy atom. The molecule has 0 saturated carbocycles. The van der Waals surface area contributed by atoms with Gasteiger partial charge >= 0.3 is 0 Å². The van der Waals surface area contributed by atoms with Gasteiger partial charge in [0.05, 0.1) is 30.3 Å². The minimum atomic E-state index is -0.286. The van der Waals surface area contributed by atoms with Gasteiger partial charge in [0.1, 0.15) is 5.76 Å². The molecule has 0 aliphatic rings. The van der Waals surface area contributed by atoms with Gasteiger partial charge in [-0.15, -0.1) is 0 Å². The fraction of sp³-hybridized carbons (Fsp3) is 0.222. The second-order valence-corrected chi connectivity index (χ2v) is 5.79. The van der Waals surface area contributed by atoms with E-state index in [-0.39, 0.29) is 24.6 Å². The van der Waals surface area contributed by atoms with Crippen LogP contribution in [-0.4, -0.2) is 17.4 Å². The van der Waals surface area contributed by atoms with Crippen LogP contribution in [0.5, 0.6) is 0 Å². The number of halogens is 1. The summed E-state index contributed by atoms with van der Waals surface area (Å²) in [7, 11) is 0. The number of carbonyl (C=O) groups excluding carboxylic acids is 1. The number of carbonyl (C=O) groups is 1. The lowest BCUT2D eigenvalue weighted by atomic mass is 10.1. The predicted molar refractivity (Wildman–Crippen MR) is 89.6 cm³/mol. The molecule has 0 spiro atoms. The highest BCUT2D eigenvalue weighted by Gasteiger charge is 2.24. The van der Waals surface area contributed by atoms with Crippen LogP contribution >= 0.6 is 11.6 Å². The fourth-order valence-electron chi connectivity index (χ4n) is 2.58. The van der Waals surface area contributed by atoms with Crippen molar-refractivity contribution >= 4 is 28.5 Å². The van der Waals surface area contributed by atoms with Gasteiger partial charge in [0.2, 0.25) is 0 Å². The van der Waals surface area contributed by atoms with Crippen molar-refractivity contribution < 1.29 is 13.6 Å². The maximum Gasteiger partial charge on any atom is 0.290 e. The smallest absolute Gasteiger partial charge is 0.290 e. The van der Waals surface area contributed by atoms with Crippen LogP contribution < -0.4 is 0 Å². The molecule has 0 aliphatic heterocycles. The van der Waals surface area contributed by atoms with Crippen LogP contribution in [0, 0.1) is 18.3 Å². The van der Waals surface area contributed by atoms with E-state index in [4.69, 9.17) is 25.7 Å². The maximum atomic E-state index is 12.9. The van der Waals surface area contributed by atoms with E-state index in [1.165, 1.54) is 0 Å². The van der Waals surface area contributed by atoms with Crippen molar-refractivity contribution in [3.63, 3.8) is 0 Å². The summed E-state index contributed by atoms with van der Waals surface area (Å²) in [6, 6.07) is 11.0. The van der Waals surface area contributed by atoms with Gasteiger partial charge in [-0.05, 0) is 25.1 Å². The minimum Gasteiger partial charge on any atom is -0.467 e. The van der Waals surface area contributed by atoms with Crippen LogP contribution in [0.3, 0.4) is 0 Å². The molecule has 0 saturated heterocycles. The number of nitriles is 1. The molecule has 5 nitrogen and oxygen atoms in total. The van der Waals surface area contributed by atoms with Crippen molar-refractivity contribution in [2.24, 2.45) is 0 Å². The lowest BCUT2D eigenvalue weighted by Gasteiger charge is -2.19. The van der Waals surface area contributed by atoms with Crippen LogP contribution in [0.4, 0.5) is 0 Å². The Morgan fingerprint density at radius 2 is 2.17 bits per heavy atom. The Labute approximate surface area is 144 Å². The Morgan fingerprint density at radius 1 is 1.33 bits per heavy atom. The van der Waals surface area contributed by atoms with Crippen LogP contribution in [0.25, 0.3) is 11.0 Å². The van der Waals surface area contributed by atoms with E-state index in [2.05, 4.69) is 6.07 Å². The molecule has 1 amide bonds. The highest BCUT2D eigenvalue weighted by molar-refractivity contribution is 6.35. The number of amides is 1. The first kappa shape index (κ1) is 16.2. The molecule has 2 aromatic heterocycles. The molecule has 1 aromatic carbocycles. The lowest BCUT2D eigenvalue weighted by Crippen LogP contribution is -2.31. The van der Waals surface area contributed by atoms with Crippen molar-refractivity contribution in [2.75, 3.05) is 6.54 Å². The summed E-state index contributed by atoms with van der Waals surface area (Å²) in [6.45, 7) is 2.39. The predicted octanol–water partition coefficient (Wildman–Crippen LogP) is 4.54. The Kier molecular flexibility index (Phi) is 4.59. The van der Waals surface area contributed by atoms with Crippen molar-refractivity contribution in [3.8, 4) is 6.07 Å². The third-order valence-corrected chi connectivity index (χ3v) is 4.12. The lowest BCUT2D eigenvalue weighted by molar-refractivity contribution is 0.0704. The molecule has 122 valence electrons. The van der Waals surface area contributed by atoms with Crippen LogP contribution in [0.2, 0.25) is 5.02 Å². The average Bonchev–Trinajstić information content (AvgIpc) is 3.20. The van der Waals surface area contributed by atoms with Gasteiger partial charge in [0, 0.05) is 17.5 Å². The molecule has 2 heterocycles. The topological polar surface area (TPSA) is 70.4 Å². The van der Waals surface area contributed by atoms with E-state index in [1.807, 2.05) is 19.1 Å². The van der Waals surface area contributed by atoms with Gasteiger partial charge in [0.25, 0.3) is 5.91 Å². The molecule has 0 unspecified atom stereocenters. The van der Waals surface area contributed by atoms with Crippen LogP contribution in [-0.2, 0) is 6.54 Å². The van der Waals surface area contributed by atoms with Crippen molar-refractivity contribution in [2.45, 2.75) is 19.9 Å². The number of fused-ring (bicyclic) bond motifs is 1. The number of hydrogen-bond donors (Lipinski definition) is 0. The summed E-state index contributed by atoms with van der Waals surface area (Å²) in [4.78, 5) is 14.5. The Bertz CT molecular complexity index is 906. The first-order chi connectivity index (χ1) is 11.6. The maximum absolute atomic E-state index is 12.9. The van der Waals surface area contributed by atoms with Gasteiger partial charge in [-0.1, -0.05) is 23.7 Å². The van der Waals surface area contributed by atoms with Gasteiger partial charge in [-0.25, -0.2) is 0 Å². The highest BCUT2D eigenvalue weighted by atomic mass is 35.5. The number of aryl methyl sites for hydroxylation is 1. The van der Waals surface area contributed by atoms with E-state index in [1.54, 1.807) is 29.4 Å². The molecule has 0 radical (unpaired) electrons. The molecule has 0 atom stereocenters. The highest BCUT2D eigenvalue weighted by Crippen LogP contribution is 2.31. The van der Waals surface area contributed by atoms with Crippen molar-refractivity contribution in [3.05, 3.63) is 58.7 Å². The molecule has 0 bridgehead atoms.